The van der Waals surface area contributed by atoms with E-state index in [9.17, 15) is 9.90 Å². The minimum atomic E-state index is -0.704. The summed E-state index contributed by atoms with van der Waals surface area (Å²) in [5, 5.41) is 9.30. The van der Waals surface area contributed by atoms with Crippen LogP contribution in [0.4, 0.5) is 0 Å². The van der Waals surface area contributed by atoms with Gasteiger partial charge in [0, 0.05) is 35.9 Å². The Morgan fingerprint density at radius 1 is 1.29 bits per heavy atom. The summed E-state index contributed by atoms with van der Waals surface area (Å²) in [6.07, 6.45) is 2.52. The lowest BCUT2D eigenvalue weighted by Gasteiger charge is -2.34. The zero-order valence-electron chi connectivity index (χ0n) is 13.5. The molecular formula is C18H20BrN3O2. The quantitative estimate of drug-likeness (QED) is 0.866. The van der Waals surface area contributed by atoms with Gasteiger partial charge in [-0.1, -0.05) is 35.0 Å². The smallest absolute Gasteiger partial charge is 0.307 e. The summed E-state index contributed by atoms with van der Waals surface area (Å²) in [5.41, 5.74) is 1.89. The largest absolute Gasteiger partial charge is 0.481 e. The maximum atomic E-state index is 11.3. The Hall–Kier alpha value is -1.79. The van der Waals surface area contributed by atoms with Crippen LogP contribution in [0.1, 0.15) is 19.0 Å². The van der Waals surface area contributed by atoms with E-state index in [1.165, 1.54) is 0 Å². The predicted molar refractivity (Wildman–Crippen MR) is 95.4 cm³/mol. The number of benzene rings is 1. The molecule has 1 aromatic carbocycles. The molecule has 1 fully saturated rings. The lowest BCUT2D eigenvalue weighted by atomic mass is 9.90. The van der Waals surface area contributed by atoms with E-state index in [0.717, 1.165) is 28.7 Å². The number of aromatic nitrogens is 2. The van der Waals surface area contributed by atoms with E-state index in [-0.39, 0.29) is 5.92 Å². The number of hydrogen-bond donors (Lipinski definition) is 1. The van der Waals surface area contributed by atoms with Crippen molar-refractivity contribution in [2.75, 3.05) is 13.1 Å². The number of halogens is 1. The van der Waals surface area contributed by atoms with Gasteiger partial charge in [-0.05, 0) is 30.5 Å². The van der Waals surface area contributed by atoms with Crippen LogP contribution < -0.4 is 0 Å². The molecule has 0 saturated carbocycles. The van der Waals surface area contributed by atoms with Crippen molar-refractivity contribution in [3.8, 4) is 11.4 Å². The number of nitrogens with zero attached hydrogens (tertiary/aromatic N) is 3. The number of aliphatic carboxylic acids is 1. The van der Waals surface area contributed by atoms with Crippen molar-refractivity contribution in [1.29, 1.82) is 0 Å². The van der Waals surface area contributed by atoms with Crippen molar-refractivity contribution in [2.24, 2.45) is 11.8 Å². The number of likely N-dealkylation sites (tertiary alicyclic amines) is 1. The SMILES string of the molecule is CC1CC(C(=O)O)CN(Cc2ccnc(-c3ccc(Br)cc3)n2)C1. The van der Waals surface area contributed by atoms with Crippen LogP contribution in [0.15, 0.2) is 41.0 Å². The highest BCUT2D eigenvalue weighted by Gasteiger charge is 2.29. The van der Waals surface area contributed by atoms with E-state index in [1.54, 1.807) is 6.20 Å². The first-order valence-electron chi connectivity index (χ1n) is 8.04. The Bertz CT molecular complexity index is 720. The van der Waals surface area contributed by atoms with Crippen LogP contribution >= 0.6 is 15.9 Å². The second-order valence-electron chi connectivity index (χ2n) is 6.45. The van der Waals surface area contributed by atoms with Crippen LogP contribution in [0.2, 0.25) is 0 Å². The van der Waals surface area contributed by atoms with Gasteiger partial charge in [-0.15, -0.1) is 0 Å². The van der Waals surface area contributed by atoms with E-state index in [4.69, 9.17) is 0 Å². The molecule has 1 saturated heterocycles. The molecule has 24 heavy (non-hydrogen) atoms. The predicted octanol–water partition coefficient (Wildman–Crippen LogP) is 3.45. The molecule has 126 valence electrons. The number of piperidine rings is 1. The molecule has 0 spiro atoms. The van der Waals surface area contributed by atoms with Gasteiger partial charge in [0.05, 0.1) is 11.6 Å². The molecule has 2 unspecified atom stereocenters. The van der Waals surface area contributed by atoms with Crippen LogP contribution in [0.3, 0.4) is 0 Å². The van der Waals surface area contributed by atoms with E-state index in [0.29, 0.717) is 24.8 Å². The second kappa shape index (κ2) is 7.40. The zero-order chi connectivity index (χ0) is 17.1. The summed E-state index contributed by atoms with van der Waals surface area (Å²) in [7, 11) is 0. The van der Waals surface area contributed by atoms with Crippen molar-refractivity contribution < 1.29 is 9.90 Å². The van der Waals surface area contributed by atoms with Crippen molar-refractivity contribution in [2.45, 2.75) is 19.9 Å². The Balaban J connectivity index is 1.74. The minimum absolute atomic E-state index is 0.290. The molecule has 2 atom stereocenters. The van der Waals surface area contributed by atoms with Crippen LogP contribution in [0.25, 0.3) is 11.4 Å². The molecule has 0 radical (unpaired) electrons. The van der Waals surface area contributed by atoms with Crippen LogP contribution in [-0.4, -0.2) is 39.0 Å². The van der Waals surface area contributed by atoms with Crippen LogP contribution in [-0.2, 0) is 11.3 Å². The first kappa shape index (κ1) is 17.0. The highest BCUT2D eigenvalue weighted by atomic mass is 79.9. The summed E-state index contributed by atoms with van der Waals surface area (Å²) in [6, 6.07) is 9.79. The minimum Gasteiger partial charge on any atom is -0.481 e. The lowest BCUT2D eigenvalue weighted by molar-refractivity contribution is -0.144. The molecule has 2 aromatic rings. The van der Waals surface area contributed by atoms with Gasteiger partial charge >= 0.3 is 5.97 Å². The first-order chi connectivity index (χ1) is 11.5. The Kier molecular flexibility index (Phi) is 5.26. The Morgan fingerprint density at radius 2 is 2.04 bits per heavy atom. The molecule has 1 aromatic heterocycles. The third-order valence-corrected chi connectivity index (χ3v) is 4.81. The molecule has 5 nitrogen and oxygen atoms in total. The van der Waals surface area contributed by atoms with Crippen molar-refractivity contribution in [1.82, 2.24) is 14.9 Å². The van der Waals surface area contributed by atoms with Crippen molar-refractivity contribution in [3.05, 3.63) is 46.7 Å². The lowest BCUT2D eigenvalue weighted by Crippen LogP contribution is -2.42. The molecule has 6 heteroatoms. The topological polar surface area (TPSA) is 66.3 Å². The molecule has 0 aliphatic carbocycles. The Labute approximate surface area is 149 Å². The van der Waals surface area contributed by atoms with Crippen molar-refractivity contribution >= 4 is 21.9 Å². The van der Waals surface area contributed by atoms with Gasteiger partial charge in [-0.3, -0.25) is 9.69 Å². The van der Waals surface area contributed by atoms with Gasteiger partial charge in [0.1, 0.15) is 0 Å². The standard InChI is InChI=1S/C18H20BrN3O2/c1-12-8-14(18(23)24)10-22(9-12)11-16-6-7-20-17(21-16)13-2-4-15(19)5-3-13/h2-7,12,14H,8-11H2,1H3,(H,23,24). The Morgan fingerprint density at radius 3 is 2.75 bits per heavy atom. The normalized spacial score (nSPS) is 21.6. The average Bonchev–Trinajstić information content (AvgIpc) is 2.55. The first-order valence-corrected chi connectivity index (χ1v) is 8.83. The van der Waals surface area contributed by atoms with E-state index in [2.05, 4.69) is 37.7 Å². The van der Waals surface area contributed by atoms with Gasteiger partial charge in [0.25, 0.3) is 0 Å². The number of carboxylic acids is 1. The molecule has 0 bridgehead atoms. The zero-order valence-corrected chi connectivity index (χ0v) is 15.1. The molecule has 1 aliphatic heterocycles. The fourth-order valence-corrected chi connectivity index (χ4v) is 3.49. The summed E-state index contributed by atoms with van der Waals surface area (Å²) in [4.78, 5) is 22.5. The maximum absolute atomic E-state index is 11.3. The molecular weight excluding hydrogens is 370 g/mol. The number of carboxylic acid groups (broad SMARTS) is 1. The number of carbonyl (C=O) groups is 1. The summed E-state index contributed by atoms with van der Waals surface area (Å²) < 4.78 is 1.02. The summed E-state index contributed by atoms with van der Waals surface area (Å²) in [5.74, 6) is 0.0822. The molecule has 0 amide bonds. The monoisotopic (exact) mass is 389 g/mol. The maximum Gasteiger partial charge on any atom is 0.307 e. The van der Waals surface area contributed by atoms with Gasteiger partial charge < -0.3 is 5.11 Å². The van der Waals surface area contributed by atoms with Crippen LogP contribution in [0.5, 0.6) is 0 Å². The highest BCUT2D eigenvalue weighted by Crippen LogP contribution is 2.24. The van der Waals surface area contributed by atoms with E-state index in [1.807, 2.05) is 30.3 Å². The van der Waals surface area contributed by atoms with Gasteiger partial charge in [0.15, 0.2) is 5.82 Å². The molecule has 1 N–H and O–H groups in total. The highest BCUT2D eigenvalue weighted by molar-refractivity contribution is 9.10. The average molecular weight is 390 g/mol. The van der Waals surface area contributed by atoms with Gasteiger partial charge in [-0.25, -0.2) is 9.97 Å². The third-order valence-electron chi connectivity index (χ3n) is 4.29. The van der Waals surface area contributed by atoms with Crippen molar-refractivity contribution in [3.63, 3.8) is 0 Å². The van der Waals surface area contributed by atoms with Crippen LogP contribution in [0, 0.1) is 11.8 Å². The third kappa shape index (κ3) is 4.19. The van der Waals surface area contributed by atoms with E-state index >= 15 is 0 Å². The molecule has 3 rings (SSSR count). The summed E-state index contributed by atoms with van der Waals surface area (Å²) >= 11 is 3.43. The number of hydrogen-bond acceptors (Lipinski definition) is 4. The molecule has 1 aliphatic rings. The number of rotatable bonds is 4. The van der Waals surface area contributed by atoms with Gasteiger partial charge in [0.2, 0.25) is 0 Å². The van der Waals surface area contributed by atoms with E-state index < -0.39 is 5.97 Å². The summed E-state index contributed by atoms with van der Waals surface area (Å²) in [6.45, 7) is 4.24. The second-order valence-corrected chi connectivity index (χ2v) is 7.36. The molecule has 2 heterocycles. The fraction of sp³-hybridized carbons (Fsp3) is 0.389. The van der Waals surface area contributed by atoms with Gasteiger partial charge in [-0.2, -0.15) is 0 Å². The fourth-order valence-electron chi connectivity index (χ4n) is 3.22.